The van der Waals surface area contributed by atoms with Gasteiger partial charge in [-0.3, -0.25) is 20.0 Å². The molecule has 2 rings (SSSR count). The molecule has 7 heteroatoms. The van der Waals surface area contributed by atoms with Crippen LogP contribution in [0.4, 0.5) is 0 Å². The molecular weight excluding hydrogens is 318 g/mol. The van der Waals surface area contributed by atoms with E-state index in [4.69, 9.17) is 0 Å². The number of amides is 2. The van der Waals surface area contributed by atoms with E-state index in [2.05, 4.69) is 26.1 Å². The van der Waals surface area contributed by atoms with Crippen molar-refractivity contribution in [1.29, 1.82) is 0 Å². The third-order valence-electron chi connectivity index (χ3n) is 3.88. The Morgan fingerprint density at radius 1 is 1.16 bits per heavy atom. The number of aromatic amines is 1. The zero-order valence-electron chi connectivity index (χ0n) is 14.7. The molecule has 0 unspecified atom stereocenters. The number of hydrazine groups is 1. The van der Waals surface area contributed by atoms with Crippen molar-refractivity contribution in [3.05, 3.63) is 30.2 Å². The molecule has 0 fully saturated rings. The van der Waals surface area contributed by atoms with Crippen LogP contribution in [0.25, 0.3) is 10.9 Å². The molecule has 0 saturated heterocycles. The second kappa shape index (κ2) is 10.5. The molecule has 0 atom stereocenters. The number of fused-ring (bicyclic) bond motifs is 1. The van der Waals surface area contributed by atoms with Gasteiger partial charge in [-0.25, -0.2) is 5.43 Å². The minimum absolute atomic E-state index is 0.0371. The molecule has 0 radical (unpaired) electrons. The van der Waals surface area contributed by atoms with E-state index < -0.39 is 0 Å². The van der Waals surface area contributed by atoms with E-state index in [0.717, 1.165) is 49.6 Å². The van der Waals surface area contributed by atoms with Crippen LogP contribution in [0.2, 0.25) is 0 Å². The maximum absolute atomic E-state index is 12.1. The Kier molecular flexibility index (Phi) is 7.91. The number of nitrogens with one attached hydrogen (secondary N) is 4. The fourth-order valence-electron chi connectivity index (χ4n) is 2.50. The monoisotopic (exact) mass is 345 g/mol. The van der Waals surface area contributed by atoms with Gasteiger partial charge in [-0.2, -0.15) is 0 Å². The Balaban J connectivity index is 1.54. The molecule has 0 spiro atoms. The fourth-order valence-corrected chi connectivity index (χ4v) is 2.50. The maximum Gasteiger partial charge on any atom is 0.267 e. The quantitative estimate of drug-likeness (QED) is 0.371. The molecule has 0 bridgehead atoms. The molecule has 2 aromatic heterocycles. The maximum atomic E-state index is 12.1. The predicted molar refractivity (Wildman–Crippen MR) is 97.9 cm³/mol. The number of carbonyl (C=O) groups excluding carboxylic acids is 2. The number of carbonyl (C=O) groups is 2. The number of aromatic nitrogens is 2. The van der Waals surface area contributed by atoms with E-state index >= 15 is 0 Å². The number of hydrogen-bond donors (Lipinski definition) is 4. The van der Waals surface area contributed by atoms with E-state index in [1.807, 2.05) is 19.1 Å². The summed E-state index contributed by atoms with van der Waals surface area (Å²) in [4.78, 5) is 30.7. The third-order valence-corrected chi connectivity index (χ3v) is 3.88. The van der Waals surface area contributed by atoms with Crippen LogP contribution < -0.4 is 16.2 Å². The smallest absolute Gasteiger partial charge is 0.267 e. The van der Waals surface area contributed by atoms with Crippen molar-refractivity contribution in [3.8, 4) is 0 Å². The number of pyridine rings is 1. The van der Waals surface area contributed by atoms with Gasteiger partial charge in [-0.1, -0.05) is 19.8 Å². The van der Waals surface area contributed by atoms with Crippen LogP contribution in [0.5, 0.6) is 0 Å². The lowest BCUT2D eigenvalue weighted by atomic mass is 10.1. The molecule has 7 nitrogen and oxygen atoms in total. The highest BCUT2D eigenvalue weighted by atomic mass is 16.2. The van der Waals surface area contributed by atoms with Gasteiger partial charge in [0.25, 0.3) is 5.91 Å². The first-order chi connectivity index (χ1) is 12.2. The zero-order valence-corrected chi connectivity index (χ0v) is 14.7. The van der Waals surface area contributed by atoms with Crippen molar-refractivity contribution < 1.29 is 9.59 Å². The largest absolute Gasteiger partial charge is 0.351 e. The molecule has 0 saturated carbocycles. The summed E-state index contributed by atoms with van der Waals surface area (Å²) in [5.74, 6) is -0.0624. The molecule has 25 heavy (non-hydrogen) atoms. The van der Waals surface area contributed by atoms with E-state index in [1.165, 1.54) is 0 Å². The zero-order chi connectivity index (χ0) is 17.9. The van der Waals surface area contributed by atoms with E-state index in [1.54, 1.807) is 12.4 Å². The second-order valence-electron chi connectivity index (χ2n) is 6.04. The Bertz CT molecular complexity index is 650. The van der Waals surface area contributed by atoms with Gasteiger partial charge in [0.05, 0.1) is 0 Å². The topological polar surface area (TPSA) is 98.9 Å². The molecule has 2 amide bonds. The standard InChI is InChI=1S/C18H27N5O2/c1-2-9-21-23-17(24)7-5-3-4-6-10-20-18(25)16-12-14-13-19-11-8-15(14)22-16/h8,11-13,21-22H,2-7,9-10H2,1H3,(H,20,25)(H,23,24). The van der Waals surface area contributed by atoms with Crippen LogP contribution in [-0.4, -0.2) is 34.9 Å². The minimum atomic E-state index is -0.0995. The number of nitrogens with zero attached hydrogens (tertiary/aromatic N) is 1. The molecule has 0 aliphatic carbocycles. The first-order valence-electron chi connectivity index (χ1n) is 8.93. The Morgan fingerprint density at radius 2 is 2.00 bits per heavy atom. The predicted octanol–water partition coefficient (Wildman–Crippen LogP) is 2.27. The van der Waals surface area contributed by atoms with Crippen LogP contribution >= 0.6 is 0 Å². The van der Waals surface area contributed by atoms with Crippen LogP contribution in [0.3, 0.4) is 0 Å². The normalized spacial score (nSPS) is 10.8. The average molecular weight is 345 g/mol. The molecule has 4 N–H and O–H groups in total. The summed E-state index contributed by atoms with van der Waals surface area (Å²) in [6, 6.07) is 3.66. The summed E-state index contributed by atoms with van der Waals surface area (Å²) < 4.78 is 0. The van der Waals surface area contributed by atoms with Crippen molar-refractivity contribution >= 4 is 22.7 Å². The van der Waals surface area contributed by atoms with Crippen molar-refractivity contribution in [2.24, 2.45) is 0 Å². The van der Waals surface area contributed by atoms with Crippen molar-refractivity contribution in [2.45, 2.75) is 45.4 Å². The summed E-state index contributed by atoms with van der Waals surface area (Å²) in [6.45, 7) is 3.47. The van der Waals surface area contributed by atoms with Gasteiger partial charge in [-0.15, -0.1) is 0 Å². The fraction of sp³-hybridized carbons (Fsp3) is 0.500. The first-order valence-corrected chi connectivity index (χ1v) is 8.93. The Labute approximate surface area is 147 Å². The van der Waals surface area contributed by atoms with Crippen LogP contribution in [0.15, 0.2) is 24.5 Å². The molecule has 2 aromatic rings. The summed E-state index contributed by atoms with van der Waals surface area (Å²) >= 11 is 0. The number of rotatable bonds is 11. The summed E-state index contributed by atoms with van der Waals surface area (Å²) in [7, 11) is 0. The van der Waals surface area contributed by atoms with E-state index in [-0.39, 0.29) is 11.8 Å². The van der Waals surface area contributed by atoms with E-state index in [0.29, 0.717) is 18.7 Å². The second-order valence-corrected chi connectivity index (χ2v) is 6.04. The highest BCUT2D eigenvalue weighted by molar-refractivity contribution is 5.97. The van der Waals surface area contributed by atoms with Crippen molar-refractivity contribution in [1.82, 2.24) is 26.1 Å². The van der Waals surface area contributed by atoms with Gasteiger partial charge in [0.2, 0.25) is 5.91 Å². The van der Waals surface area contributed by atoms with E-state index in [9.17, 15) is 9.59 Å². The summed E-state index contributed by atoms with van der Waals surface area (Å²) in [5.41, 5.74) is 7.02. The number of unbranched alkanes of at least 4 members (excludes halogenated alkanes) is 3. The van der Waals surface area contributed by atoms with Crippen LogP contribution in [0.1, 0.15) is 55.9 Å². The SMILES string of the molecule is CCCNNC(=O)CCCCCCNC(=O)c1cc2cnccc2[nH]1. The van der Waals surface area contributed by atoms with Gasteiger partial charge in [0.15, 0.2) is 0 Å². The lowest BCUT2D eigenvalue weighted by molar-refractivity contribution is -0.122. The molecule has 0 aromatic carbocycles. The van der Waals surface area contributed by atoms with Gasteiger partial charge in [0, 0.05) is 42.8 Å². The lowest BCUT2D eigenvalue weighted by Crippen LogP contribution is -2.37. The van der Waals surface area contributed by atoms with Crippen molar-refractivity contribution in [3.63, 3.8) is 0 Å². The first kappa shape index (κ1) is 18.9. The number of H-pyrrole nitrogens is 1. The van der Waals surface area contributed by atoms with Gasteiger partial charge >= 0.3 is 0 Å². The average Bonchev–Trinajstić information content (AvgIpc) is 3.05. The Hall–Kier alpha value is -2.41. The summed E-state index contributed by atoms with van der Waals surface area (Å²) in [6.07, 6.45) is 8.69. The van der Waals surface area contributed by atoms with Crippen molar-refractivity contribution in [2.75, 3.05) is 13.1 Å². The molecule has 136 valence electrons. The highest BCUT2D eigenvalue weighted by Crippen LogP contribution is 2.13. The number of hydrogen-bond acceptors (Lipinski definition) is 4. The van der Waals surface area contributed by atoms with Gasteiger partial charge in [-0.05, 0) is 31.4 Å². The lowest BCUT2D eigenvalue weighted by Gasteiger charge is -2.06. The molecular formula is C18H27N5O2. The van der Waals surface area contributed by atoms with Crippen LogP contribution in [-0.2, 0) is 4.79 Å². The minimum Gasteiger partial charge on any atom is -0.351 e. The summed E-state index contributed by atoms with van der Waals surface area (Å²) in [5, 5.41) is 3.84. The molecule has 0 aliphatic rings. The van der Waals surface area contributed by atoms with Gasteiger partial charge < -0.3 is 10.3 Å². The molecule has 0 aliphatic heterocycles. The van der Waals surface area contributed by atoms with Crippen LogP contribution in [0, 0.1) is 0 Å². The molecule has 2 heterocycles. The van der Waals surface area contributed by atoms with Gasteiger partial charge in [0.1, 0.15) is 5.69 Å². The third kappa shape index (κ3) is 6.54. The highest BCUT2D eigenvalue weighted by Gasteiger charge is 2.08. The Morgan fingerprint density at radius 3 is 2.80 bits per heavy atom.